The summed E-state index contributed by atoms with van der Waals surface area (Å²) in [6.45, 7) is 0. The lowest BCUT2D eigenvalue weighted by Crippen LogP contribution is -2.13. The number of nitro benzene ring substituents is 1. The number of nitro groups is 1. The van der Waals surface area contributed by atoms with Gasteiger partial charge >= 0.3 is 12.1 Å². The number of carbonyl (C=O) groups is 1. The molecule has 98 valence electrons. The van der Waals surface area contributed by atoms with Crippen LogP contribution in [-0.2, 0) is 22.1 Å². The van der Waals surface area contributed by atoms with Gasteiger partial charge in [-0.2, -0.15) is 13.2 Å². The van der Waals surface area contributed by atoms with Gasteiger partial charge in [0, 0.05) is 12.1 Å². The molecule has 0 bridgehead atoms. The van der Waals surface area contributed by atoms with E-state index in [2.05, 4.69) is 4.74 Å². The summed E-state index contributed by atoms with van der Waals surface area (Å²) < 4.78 is 42.1. The minimum absolute atomic E-state index is 0.483. The van der Waals surface area contributed by atoms with E-state index in [0.717, 1.165) is 19.2 Å². The summed E-state index contributed by atoms with van der Waals surface area (Å²) in [6.07, 6.45) is -5.36. The number of hydrogen-bond acceptors (Lipinski definition) is 4. The number of non-ortho nitro benzene ring substituents is 1. The van der Waals surface area contributed by atoms with Crippen LogP contribution in [0.5, 0.6) is 0 Å². The number of ether oxygens (including phenoxy) is 1. The highest BCUT2D eigenvalue weighted by molar-refractivity contribution is 5.73. The van der Waals surface area contributed by atoms with Crippen molar-refractivity contribution in [3.05, 3.63) is 39.4 Å². The van der Waals surface area contributed by atoms with Crippen LogP contribution < -0.4 is 0 Å². The first-order valence-electron chi connectivity index (χ1n) is 4.67. The lowest BCUT2D eigenvalue weighted by Gasteiger charge is -2.11. The van der Waals surface area contributed by atoms with Crippen LogP contribution in [0.25, 0.3) is 0 Å². The molecule has 18 heavy (non-hydrogen) atoms. The molecule has 0 atom stereocenters. The van der Waals surface area contributed by atoms with Crippen molar-refractivity contribution >= 4 is 11.7 Å². The zero-order chi connectivity index (χ0) is 13.9. The third-order valence-electron chi connectivity index (χ3n) is 2.17. The third-order valence-corrected chi connectivity index (χ3v) is 2.17. The summed E-state index contributed by atoms with van der Waals surface area (Å²) in [5.41, 5.74) is -2.08. The van der Waals surface area contributed by atoms with Crippen molar-refractivity contribution in [3.8, 4) is 0 Å². The predicted octanol–water partition coefficient (Wildman–Crippen LogP) is 2.33. The monoisotopic (exact) mass is 263 g/mol. The van der Waals surface area contributed by atoms with Crippen LogP contribution in [0.1, 0.15) is 11.1 Å². The number of halogens is 3. The molecule has 0 N–H and O–H groups in total. The number of benzene rings is 1. The Kier molecular flexibility index (Phi) is 3.89. The average molecular weight is 263 g/mol. The minimum Gasteiger partial charge on any atom is -0.469 e. The fourth-order valence-corrected chi connectivity index (χ4v) is 1.34. The smallest absolute Gasteiger partial charge is 0.416 e. The average Bonchev–Trinajstić information content (AvgIpc) is 2.27. The van der Waals surface area contributed by atoms with Crippen molar-refractivity contribution in [1.29, 1.82) is 0 Å². The fourth-order valence-electron chi connectivity index (χ4n) is 1.34. The van der Waals surface area contributed by atoms with E-state index < -0.39 is 40.3 Å². The van der Waals surface area contributed by atoms with Gasteiger partial charge in [-0.3, -0.25) is 14.9 Å². The summed E-state index contributed by atoms with van der Waals surface area (Å²) in [7, 11) is 1.02. The van der Waals surface area contributed by atoms with E-state index in [9.17, 15) is 28.1 Å². The van der Waals surface area contributed by atoms with Crippen LogP contribution in [0.3, 0.4) is 0 Å². The molecule has 0 aliphatic rings. The Morgan fingerprint density at radius 1 is 1.44 bits per heavy atom. The molecule has 0 saturated heterocycles. The standard InChI is InChI=1S/C10H8F3NO4/c1-18-9(15)5-6-4-7(14(16)17)2-3-8(6)10(11,12)13/h2-4H,5H2,1H3. The lowest BCUT2D eigenvalue weighted by atomic mass is 10.0. The first kappa shape index (κ1) is 13.9. The largest absolute Gasteiger partial charge is 0.469 e. The first-order chi connectivity index (χ1) is 8.25. The first-order valence-corrected chi connectivity index (χ1v) is 4.67. The number of hydrogen-bond donors (Lipinski definition) is 0. The molecule has 0 spiro atoms. The second kappa shape index (κ2) is 5.03. The van der Waals surface area contributed by atoms with Gasteiger partial charge in [0.25, 0.3) is 5.69 Å². The number of esters is 1. The molecule has 0 aliphatic heterocycles. The molecule has 0 aliphatic carbocycles. The second-order valence-corrected chi connectivity index (χ2v) is 3.35. The number of nitrogens with zero attached hydrogens (tertiary/aromatic N) is 1. The Morgan fingerprint density at radius 3 is 2.50 bits per heavy atom. The normalized spacial score (nSPS) is 11.1. The van der Waals surface area contributed by atoms with Gasteiger partial charge < -0.3 is 4.74 Å². The zero-order valence-electron chi connectivity index (χ0n) is 9.15. The minimum atomic E-state index is -4.68. The maximum atomic E-state index is 12.6. The molecule has 0 fully saturated rings. The highest BCUT2D eigenvalue weighted by Crippen LogP contribution is 2.34. The quantitative estimate of drug-likeness (QED) is 0.476. The molecule has 1 aromatic rings. The third kappa shape index (κ3) is 3.19. The topological polar surface area (TPSA) is 69.4 Å². The van der Waals surface area contributed by atoms with Crippen LogP contribution in [0, 0.1) is 10.1 Å². The number of rotatable bonds is 3. The van der Waals surface area contributed by atoms with Crippen molar-refractivity contribution in [1.82, 2.24) is 0 Å². The van der Waals surface area contributed by atoms with Crippen LogP contribution in [-0.4, -0.2) is 18.0 Å². The van der Waals surface area contributed by atoms with Gasteiger partial charge in [0.2, 0.25) is 0 Å². The van der Waals surface area contributed by atoms with Crippen LogP contribution in [0.15, 0.2) is 18.2 Å². The molecular weight excluding hydrogens is 255 g/mol. The second-order valence-electron chi connectivity index (χ2n) is 3.35. The van der Waals surface area contributed by atoms with E-state index in [1.807, 2.05) is 0 Å². The van der Waals surface area contributed by atoms with E-state index in [1.54, 1.807) is 0 Å². The molecule has 0 aromatic heterocycles. The summed E-state index contributed by atoms with van der Waals surface area (Å²) in [5.74, 6) is -0.902. The highest BCUT2D eigenvalue weighted by atomic mass is 19.4. The molecule has 0 amide bonds. The molecule has 1 rings (SSSR count). The molecule has 0 saturated carbocycles. The van der Waals surface area contributed by atoms with Gasteiger partial charge in [0.1, 0.15) is 0 Å². The summed E-state index contributed by atoms with van der Waals surface area (Å²) >= 11 is 0. The molecule has 5 nitrogen and oxygen atoms in total. The van der Waals surface area contributed by atoms with Gasteiger partial charge in [0.15, 0.2) is 0 Å². The van der Waals surface area contributed by atoms with Gasteiger partial charge in [-0.25, -0.2) is 0 Å². The molecule has 1 aromatic carbocycles. The highest BCUT2D eigenvalue weighted by Gasteiger charge is 2.34. The lowest BCUT2D eigenvalue weighted by molar-refractivity contribution is -0.385. The molecule has 0 heterocycles. The van der Waals surface area contributed by atoms with Gasteiger partial charge in [-0.15, -0.1) is 0 Å². The molecule has 8 heteroatoms. The maximum absolute atomic E-state index is 12.6. The van der Waals surface area contributed by atoms with E-state index in [0.29, 0.717) is 6.07 Å². The van der Waals surface area contributed by atoms with Crippen LogP contribution >= 0.6 is 0 Å². The predicted molar refractivity (Wildman–Crippen MR) is 53.8 cm³/mol. The SMILES string of the molecule is COC(=O)Cc1cc([N+](=O)[O-])ccc1C(F)(F)F. The van der Waals surface area contributed by atoms with Gasteiger partial charge in [-0.05, 0) is 11.6 Å². The molecular formula is C10H8F3NO4. The van der Waals surface area contributed by atoms with E-state index in [1.165, 1.54) is 0 Å². The Hall–Kier alpha value is -2.12. The summed E-state index contributed by atoms with van der Waals surface area (Å²) in [5, 5.41) is 10.5. The Labute approximate surface area is 99.3 Å². The van der Waals surface area contributed by atoms with Crippen molar-refractivity contribution in [3.63, 3.8) is 0 Å². The molecule has 0 radical (unpaired) electrons. The summed E-state index contributed by atoms with van der Waals surface area (Å²) in [4.78, 5) is 20.6. The molecule has 0 unspecified atom stereocenters. The Balaban J connectivity index is 3.26. The van der Waals surface area contributed by atoms with Crippen LogP contribution in [0.2, 0.25) is 0 Å². The van der Waals surface area contributed by atoms with Crippen molar-refractivity contribution < 1.29 is 27.6 Å². The number of carbonyl (C=O) groups excluding carboxylic acids is 1. The maximum Gasteiger partial charge on any atom is 0.416 e. The van der Waals surface area contributed by atoms with E-state index >= 15 is 0 Å². The van der Waals surface area contributed by atoms with Crippen molar-refractivity contribution in [2.45, 2.75) is 12.6 Å². The van der Waals surface area contributed by atoms with Crippen molar-refractivity contribution in [2.75, 3.05) is 7.11 Å². The Bertz CT molecular complexity index is 485. The number of methoxy groups -OCH3 is 1. The number of alkyl halides is 3. The van der Waals surface area contributed by atoms with Crippen LogP contribution in [0.4, 0.5) is 18.9 Å². The van der Waals surface area contributed by atoms with Gasteiger partial charge in [0.05, 0.1) is 24.0 Å². The van der Waals surface area contributed by atoms with E-state index in [-0.39, 0.29) is 0 Å². The Morgan fingerprint density at radius 2 is 2.06 bits per heavy atom. The van der Waals surface area contributed by atoms with E-state index in [4.69, 9.17) is 0 Å². The summed E-state index contributed by atoms with van der Waals surface area (Å²) in [6, 6.07) is 2.04. The van der Waals surface area contributed by atoms with Gasteiger partial charge in [-0.1, -0.05) is 0 Å². The van der Waals surface area contributed by atoms with Crippen molar-refractivity contribution in [2.24, 2.45) is 0 Å². The fraction of sp³-hybridized carbons (Fsp3) is 0.300. The zero-order valence-corrected chi connectivity index (χ0v) is 9.15.